The summed E-state index contributed by atoms with van der Waals surface area (Å²) in [6.07, 6.45) is -2.38. The van der Waals surface area contributed by atoms with Crippen LogP contribution in [0.1, 0.15) is 53.6 Å². The molecular formula is C27H24F3NO4. The summed E-state index contributed by atoms with van der Waals surface area (Å²) in [5.74, 6) is -4.11. The highest BCUT2D eigenvalue weighted by Crippen LogP contribution is 2.48. The highest BCUT2D eigenvalue weighted by atomic mass is 19.4. The number of allylic oxidation sites excluding steroid dienone is 3. The van der Waals surface area contributed by atoms with Gasteiger partial charge in [0.2, 0.25) is 0 Å². The number of esters is 1. The van der Waals surface area contributed by atoms with Crippen molar-refractivity contribution in [3.63, 3.8) is 0 Å². The van der Waals surface area contributed by atoms with Crippen LogP contribution in [-0.2, 0) is 20.5 Å². The number of carbonyl (C=O) groups excluding carboxylic acids is 3. The molecule has 2 atom stereocenters. The van der Waals surface area contributed by atoms with Crippen LogP contribution in [0, 0.1) is 5.92 Å². The van der Waals surface area contributed by atoms with Gasteiger partial charge in [-0.3, -0.25) is 14.4 Å². The minimum atomic E-state index is -4.71. The number of ether oxygens (including phenoxy) is 1. The van der Waals surface area contributed by atoms with Crippen molar-refractivity contribution >= 4 is 17.5 Å². The molecule has 0 saturated carbocycles. The number of Topliss-reactive ketones (excluding diaryl/α,β-unsaturated/α-hetero) is 1. The van der Waals surface area contributed by atoms with Crippen molar-refractivity contribution in [2.45, 2.75) is 38.3 Å². The van der Waals surface area contributed by atoms with E-state index in [2.05, 4.69) is 5.32 Å². The summed E-state index contributed by atoms with van der Waals surface area (Å²) in [6, 6.07) is 13.3. The van der Waals surface area contributed by atoms with Crippen molar-refractivity contribution in [3.8, 4) is 0 Å². The van der Waals surface area contributed by atoms with Gasteiger partial charge in [-0.15, -0.1) is 0 Å². The predicted molar refractivity (Wildman–Crippen MR) is 122 cm³/mol. The summed E-state index contributed by atoms with van der Waals surface area (Å²) in [6.45, 7) is 1.57. The lowest BCUT2D eigenvalue weighted by atomic mass is 9.70. The van der Waals surface area contributed by atoms with Crippen LogP contribution >= 0.6 is 0 Å². The molecule has 5 nitrogen and oxygen atoms in total. The quantitative estimate of drug-likeness (QED) is 0.353. The summed E-state index contributed by atoms with van der Waals surface area (Å²) in [5.41, 5.74) is -0.0596. The summed E-state index contributed by atoms with van der Waals surface area (Å²) in [5, 5.41) is 3.05. The fourth-order valence-corrected chi connectivity index (χ4v) is 4.76. The molecule has 0 spiro atoms. The van der Waals surface area contributed by atoms with Crippen LogP contribution in [0.5, 0.6) is 0 Å². The third kappa shape index (κ3) is 4.92. The van der Waals surface area contributed by atoms with Gasteiger partial charge in [0.15, 0.2) is 11.6 Å². The molecule has 1 N–H and O–H groups in total. The summed E-state index contributed by atoms with van der Waals surface area (Å²) in [7, 11) is 0. The van der Waals surface area contributed by atoms with Crippen molar-refractivity contribution in [1.82, 2.24) is 5.32 Å². The fourth-order valence-electron chi connectivity index (χ4n) is 4.76. The van der Waals surface area contributed by atoms with Gasteiger partial charge in [0.05, 0.1) is 12.2 Å². The minimum Gasteiger partial charge on any atom is -0.465 e. The second-order valence-corrected chi connectivity index (χ2v) is 8.42. The second-order valence-electron chi connectivity index (χ2n) is 8.42. The van der Waals surface area contributed by atoms with Crippen LogP contribution in [0.25, 0.3) is 0 Å². The van der Waals surface area contributed by atoms with E-state index in [4.69, 9.17) is 4.74 Å². The first kappa shape index (κ1) is 24.4. The molecule has 2 aromatic carbocycles. The maximum Gasteiger partial charge on any atom is 0.416 e. The van der Waals surface area contributed by atoms with Crippen molar-refractivity contribution in [3.05, 3.63) is 94.3 Å². The zero-order valence-electron chi connectivity index (χ0n) is 19.0. The highest BCUT2D eigenvalue weighted by molar-refractivity contribution is 6.06. The van der Waals surface area contributed by atoms with Gasteiger partial charge >= 0.3 is 12.1 Å². The lowest BCUT2D eigenvalue weighted by Crippen LogP contribution is -2.42. The third-order valence-corrected chi connectivity index (χ3v) is 6.22. The van der Waals surface area contributed by atoms with Crippen LogP contribution in [0.3, 0.4) is 0 Å². The maximum atomic E-state index is 14.0. The molecule has 182 valence electrons. The Morgan fingerprint density at radius 3 is 2.43 bits per heavy atom. The number of halogens is 3. The van der Waals surface area contributed by atoms with Gasteiger partial charge < -0.3 is 10.1 Å². The summed E-state index contributed by atoms with van der Waals surface area (Å²) < 4.78 is 47.3. The number of hydrogen-bond donors (Lipinski definition) is 1. The molecule has 0 radical (unpaired) electrons. The van der Waals surface area contributed by atoms with Crippen LogP contribution in [0.15, 0.2) is 77.6 Å². The average Bonchev–Trinajstić information content (AvgIpc) is 2.83. The number of hydrogen-bond acceptors (Lipinski definition) is 5. The Labute approximate surface area is 200 Å². The van der Waals surface area contributed by atoms with E-state index in [-0.39, 0.29) is 35.6 Å². The molecule has 0 amide bonds. The number of ketones is 2. The zero-order chi connectivity index (χ0) is 25.2. The van der Waals surface area contributed by atoms with Gasteiger partial charge in [-0.2, -0.15) is 13.2 Å². The fraction of sp³-hybridized carbons (Fsp3) is 0.296. The largest absolute Gasteiger partial charge is 0.465 e. The lowest BCUT2D eigenvalue weighted by Gasteiger charge is -2.39. The Hall–Kier alpha value is -3.68. The van der Waals surface area contributed by atoms with E-state index < -0.39 is 35.3 Å². The average molecular weight is 483 g/mol. The van der Waals surface area contributed by atoms with Crippen LogP contribution in [-0.4, -0.2) is 24.1 Å². The molecule has 2 aromatic rings. The molecule has 35 heavy (non-hydrogen) atoms. The van der Waals surface area contributed by atoms with Gasteiger partial charge in [-0.05, 0) is 31.4 Å². The van der Waals surface area contributed by atoms with E-state index in [1.165, 1.54) is 24.3 Å². The van der Waals surface area contributed by atoms with Crippen molar-refractivity contribution < 1.29 is 32.3 Å². The maximum absolute atomic E-state index is 14.0. The van der Waals surface area contributed by atoms with E-state index in [9.17, 15) is 27.6 Å². The van der Waals surface area contributed by atoms with E-state index in [0.29, 0.717) is 24.1 Å². The monoisotopic (exact) mass is 483 g/mol. The SMILES string of the molecule is CCOC(=O)[C@@H]1/C(=C/C(=O)c2ccccc2)NC2=C(C(=O)CCC2)[C@H]1c1ccccc1C(F)(F)F. The molecule has 0 saturated heterocycles. The van der Waals surface area contributed by atoms with Gasteiger partial charge in [-0.1, -0.05) is 48.5 Å². The molecule has 0 bridgehead atoms. The van der Waals surface area contributed by atoms with E-state index in [0.717, 1.165) is 6.07 Å². The summed E-state index contributed by atoms with van der Waals surface area (Å²) in [4.78, 5) is 39.3. The Morgan fingerprint density at radius 2 is 1.74 bits per heavy atom. The van der Waals surface area contributed by atoms with Gasteiger partial charge in [0.25, 0.3) is 0 Å². The molecule has 0 aromatic heterocycles. The highest BCUT2D eigenvalue weighted by Gasteiger charge is 2.47. The van der Waals surface area contributed by atoms with Gasteiger partial charge in [0.1, 0.15) is 5.92 Å². The number of benzene rings is 2. The second kappa shape index (κ2) is 9.90. The van der Waals surface area contributed by atoms with Crippen LogP contribution in [0.2, 0.25) is 0 Å². The Bertz CT molecular complexity index is 1210. The number of rotatable bonds is 5. The van der Waals surface area contributed by atoms with Crippen molar-refractivity contribution in [2.75, 3.05) is 6.61 Å². The summed E-state index contributed by atoms with van der Waals surface area (Å²) >= 11 is 0. The first-order valence-corrected chi connectivity index (χ1v) is 11.4. The van der Waals surface area contributed by atoms with Crippen molar-refractivity contribution in [2.24, 2.45) is 5.92 Å². The molecule has 1 heterocycles. The Balaban J connectivity index is 1.95. The predicted octanol–water partition coefficient (Wildman–Crippen LogP) is 5.35. The Morgan fingerprint density at radius 1 is 1.06 bits per heavy atom. The minimum absolute atomic E-state index is 0.0112. The molecule has 1 aliphatic carbocycles. The number of alkyl halides is 3. The van der Waals surface area contributed by atoms with Crippen LogP contribution < -0.4 is 5.32 Å². The normalized spacial score (nSPS) is 21.4. The van der Waals surface area contributed by atoms with Gasteiger partial charge in [0, 0.05) is 40.9 Å². The molecule has 2 aliphatic rings. The first-order valence-electron chi connectivity index (χ1n) is 11.4. The molecular weight excluding hydrogens is 459 g/mol. The number of carbonyl (C=O) groups is 3. The standard InChI is InChI=1S/C27H24F3NO4/c1-2-35-26(34)25-20(15-22(33)16-9-4-3-5-10-16)31-19-13-8-14-21(32)24(19)23(25)17-11-6-7-12-18(17)27(28,29)30/h3-7,9-12,15,23,25,31H,2,8,13-14H2,1H3/b20-15-/t23-,25-/m1/s1. The molecule has 0 unspecified atom stereocenters. The zero-order valence-corrected chi connectivity index (χ0v) is 19.0. The van der Waals surface area contributed by atoms with E-state index in [1.807, 2.05) is 0 Å². The molecule has 4 rings (SSSR count). The van der Waals surface area contributed by atoms with Crippen molar-refractivity contribution in [1.29, 1.82) is 0 Å². The van der Waals surface area contributed by atoms with E-state index in [1.54, 1.807) is 37.3 Å². The van der Waals surface area contributed by atoms with Crippen LogP contribution in [0.4, 0.5) is 13.2 Å². The van der Waals surface area contributed by atoms with E-state index >= 15 is 0 Å². The topological polar surface area (TPSA) is 72.5 Å². The molecule has 0 fully saturated rings. The Kier molecular flexibility index (Phi) is 6.91. The molecule has 1 aliphatic heterocycles. The lowest BCUT2D eigenvalue weighted by molar-refractivity contribution is -0.148. The third-order valence-electron chi connectivity index (χ3n) is 6.22. The molecule has 8 heteroatoms. The smallest absolute Gasteiger partial charge is 0.416 e. The van der Waals surface area contributed by atoms with Gasteiger partial charge in [-0.25, -0.2) is 0 Å². The number of nitrogens with one attached hydrogen (secondary N) is 1. The first-order chi connectivity index (χ1) is 16.7.